The minimum Gasteiger partial charge on any atom is -0.396 e. The average Bonchev–Trinajstić information content (AvgIpc) is 2.57. The van der Waals surface area contributed by atoms with Gasteiger partial charge in [-0.15, -0.1) is 0 Å². The van der Waals surface area contributed by atoms with Gasteiger partial charge in [0.05, 0.1) is 21.8 Å². The van der Waals surface area contributed by atoms with Crippen LogP contribution in [0.25, 0.3) is 0 Å². The number of hydrogen-bond donors (Lipinski definition) is 2. The molecule has 8 nitrogen and oxygen atoms in total. The van der Waals surface area contributed by atoms with Crippen LogP contribution in [0.3, 0.4) is 0 Å². The molecule has 0 unspecified atom stereocenters. The van der Waals surface area contributed by atoms with E-state index in [4.69, 9.17) is 40.5 Å². The highest BCUT2D eigenvalue weighted by Crippen LogP contribution is 2.34. The molecule has 0 saturated heterocycles. The molecule has 11 heteroatoms. The van der Waals surface area contributed by atoms with Crippen LogP contribution < -0.4 is 11.2 Å². The molecule has 25 heavy (non-hydrogen) atoms. The van der Waals surface area contributed by atoms with Gasteiger partial charge in [-0.25, -0.2) is 10.4 Å². The zero-order valence-electron chi connectivity index (χ0n) is 12.6. The van der Waals surface area contributed by atoms with Crippen LogP contribution in [0, 0.1) is 17.0 Å². The molecule has 0 radical (unpaired) electrons. The number of amides is 1. The van der Waals surface area contributed by atoms with Crippen molar-refractivity contribution in [1.82, 2.24) is 10.4 Å². The molecule has 0 aliphatic heterocycles. The summed E-state index contributed by atoms with van der Waals surface area (Å²) in [7, 11) is 0. The lowest BCUT2D eigenvalue weighted by molar-refractivity contribution is -0.385. The first kappa shape index (κ1) is 18.9. The molecule has 0 spiro atoms. The first-order valence-electron chi connectivity index (χ1n) is 6.60. The highest BCUT2D eigenvalue weighted by atomic mass is 35.5. The number of nitrogens with two attached hydrogens (primary N) is 1. The number of hydrazone groups is 1. The van der Waals surface area contributed by atoms with Crippen molar-refractivity contribution in [3.63, 3.8) is 0 Å². The van der Waals surface area contributed by atoms with E-state index in [-0.39, 0.29) is 32.3 Å². The molecule has 0 saturated carbocycles. The van der Waals surface area contributed by atoms with Crippen molar-refractivity contribution < 1.29 is 9.72 Å². The Kier molecular flexibility index (Phi) is 5.78. The molecule has 1 aromatic heterocycles. The van der Waals surface area contributed by atoms with Gasteiger partial charge in [-0.1, -0.05) is 46.9 Å². The van der Waals surface area contributed by atoms with Crippen LogP contribution in [0.5, 0.6) is 0 Å². The number of hydrogen-bond acceptors (Lipinski definition) is 6. The lowest BCUT2D eigenvalue weighted by atomic mass is 10.1. The molecule has 2 aromatic rings. The van der Waals surface area contributed by atoms with Crippen LogP contribution in [0.15, 0.2) is 23.3 Å². The van der Waals surface area contributed by atoms with Crippen molar-refractivity contribution in [1.29, 1.82) is 0 Å². The number of carbonyl (C=O) groups excluding carboxylic acids is 1. The molecule has 1 heterocycles. The molecule has 130 valence electrons. The summed E-state index contributed by atoms with van der Waals surface area (Å²) in [5.41, 5.74) is 8.36. The number of nitrogen functional groups attached to an aromatic ring is 1. The van der Waals surface area contributed by atoms with E-state index in [1.165, 1.54) is 12.3 Å². The molecule has 0 atom stereocenters. The van der Waals surface area contributed by atoms with E-state index >= 15 is 0 Å². The summed E-state index contributed by atoms with van der Waals surface area (Å²) >= 11 is 17.5. The predicted molar refractivity (Wildman–Crippen MR) is 96.6 cm³/mol. The highest BCUT2D eigenvalue weighted by molar-refractivity contribution is 6.46. The molecular weight excluding hydrogens is 393 g/mol. The number of nitrogens with one attached hydrogen (secondary N) is 1. The zero-order valence-corrected chi connectivity index (χ0v) is 14.9. The Labute approximate surface area is 156 Å². The Hall–Kier alpha value is -2.42. The van der Waals surface area contributed by atoms with Gasteiger partial charge in [0, 0.05) is 17.2 Å². The fourth-order valence-electron chi connectivity index (χ4n) is 1.80. The largest absolute Gasteiger partial charge is 0.396 e. The molecule has 0 aliphatic rings. The van der Waals surface area contributed by atoms with Gasteiger partial charge in [0.1, 0.15) is 5.02 Å². The van der Waals surface area contributed by atoms with Gasteiger partial charge in [-0.05, 0) is 6.92 Å². The Morgan fingerprint density at radius 1 is 1.36 bits per heavy atom. The number of halogens is 3. The minimum absolute atomic E-state index is 0.0568. The van der Waals surface area contributed by atoms with Crippen molar-refractivity contribution in [2.24, 2.45) is 5.10 Å². The van der Waals surface area contributed by atoms with Crippen LogP contribution in [-0.2, 0) is 0 Å². The molecule has 0 fully saturated rings. The second-order valence-corrected chi connectivity index (χ2v) is 5.91. The lowest BCUT2D eigenvalue weighted by Gasteiger charge is -2.07. The number of aryl methyl sites for hydroxylation is 1. The third-order valence-electron chi connectivity index (χ3n) is 3.10. The molecule has 1 aromatic carbocycles. The maximum absolute atomic E-state index is 12.1. The van der Waals surface area contributed by atoms with Gasteiger partial charge in [-0.3, -0.25) is 14.9 Å². The smallest absolute Gasteiger partial charge is 0.291 e. The van der Waals surface area contributed by atoms with Crippen molar-refractivity contribution in [2.75, 3.05) is 5.73 Å². The average molecular weight is 403 g/mol. The van der Waals surface area contributed by atoms with E-state index in [0.29, 0.717) is 11.1 Å². The fourth-order valence-corrected chi connectivity index (χ4v) is 2.40. The summed E-state index contributed by atoms with van der Waals surface area (Å²) in [6.45, 7) is 1.61. The number of nitrogens with zero attached hydrogens (tertiary/aromatic N) is 3. The second-order valence-electron chi connectivity index (χ2n) is 4.80. The first-order chi connectivity index (χ1) is 11.7. The SMILES string of the molecule is Cc1ccc(/C=N\NC(=O)c2nc(Cl)c(Cl)c(N)c2Cl)cc1[N+](=O)[O-]. The lowest BCUT2D eigenvalue weighted by Crippen LogP contribution is -2.20. The van der Waals surface area contributed by atoms with E-state index in [2.05, 4.69) is 15.5 Å². The number of pyridine rings is 1. The van der Waals surface area contributed by atoms with Gasteiger partial charge in [0.2, 0.25) is 0 Å². The number of anilines is 1. The van der Waals surface area contributed by atoms with Crippen LogP contribution in [-0.4, -0.2) is 22.0 Å². The topological polar surface area (TPSA) is 124 Å². The van der Waals surface area contributed by atoms with Gasteiger partial charge >= 0.3 is 0 Å². The predicted octanol–water partition coefficient (Wildman–Crippen LogP) is 3.60. The summed E-state index contributed by atoms with van der Waals surface area (Å²) < 4.78 is 0. The molecule has 0 bridgehead atoms. The maximum Gasteiger partial charge on any atom is 0.291 e. The quantitative estimate of drug-likeness (QED) is 0.350. The zero-order chi connectivity index (χ0) is 18.7. The second kappa shape index (κ2) is 7.64. The molecular formula is C14H10Cl3N5O3. The molecule has 0 aliphatic carbocycles. The van der Waals surface area contributed by atoms with Crippen LogP contribution >= 0.6 is 34.8 Å². The Bertz CT molecular complexity index is 902. The van der Waals surface area contributed by atoms with Gasteiger partial charge in [0.25, 0.3) is 11.6 Å². The number of nitro groups is 1. The van der Waals surface area contributed by atoms with Gasteiger partial charge < -0.3 is 5.73 Å². The van der Waals surface area contributed by atoms with Crippen molar-refractivity contribution in [3.05, 3.63) is 60.3 Å². The number of benzene rings is 1. The van der Waals surface area contributed by atoms with Crippen molar-refractivity contribution in [2.45, 2.75) is 6.92 Å². The number of rotatable bonds is 4. The number of carbonyl (C=O) groups is 1. The monoisotopic (exact) mass is 401 g/mol. The Morgan fingerprint density at radius 3 is 2.68 bits per heavy atom. The molecule has 2 rings (SSSR count). The first-order valence-corrected chi connectivity index (χ1v) is 7.74. The van der Waals surface area contributed by atoms with E-state index in [9.17, 15) is 14.9 Å². The molecule has 1 amide bonds. The maximum atomic E-state index is 12.1. The van der Waals surface area contributed by atoms with E-state index < -0.39 is 10.8 Å². The van der Waals surface area contributed by atoms with E-state index in [0.717, 1.165) is 0 Å². The van der Waals surface area contributed by atoms with Gasteiger partial charge in [-0.2, -0.15) is 5.10 Å². The third-order valence-corrected chi connectivity index (χ3v) is 4.23. The summed E-state index contributed by atoms with van der Waals surface area (Å²) in [5.74, 6) is -0.770. The van der Waals surface area contributed by atoms with Crippen LogP contribution in [0.2, 0.25) is 15.2 Å². The fraction of sp³-hybridized carbons (Fsp3) is 0.0714. The van der Waals surface area contributed by atoms with Crippen molar-refractivity contribution in [3.8, 4) is 0 Å². The highest BCUT2D eigenvalue weighted by Gasteiger charge is 2.19. The summed E-state index contributed by atoms with van der Waals surface area (Å²) in [6, 6.07) is 4.51. The molecule has 3 N–H and O–H groups in total. The standard InChI is InChI=1S/C14H10Cl3N5O3/c1-6-2-3-7(4-8(6)22(24)25)5-19-21-14(23)12-9(15)11(18)10(16)13(17)20-12/h2-5H,1H3,(H2,18,20)(H,21,23)/b19-5-. The van der Waals surface area contributed by atoms with Crippen LogP contribution in [0.4, 0.5) is 11.4 Å². The van der Waals surface area contributed by atoms with Gasteiger partial charge in [0.15, 0.2) is 10.8 Å². The number of nitro benzene ring substituents is 1. The summed E-state index contributed by atoms with van der Waals surface area (Å²) in [6.07, 6.45) is 1.24. The van der Waals surface area contributed by atoms with E-state index in [1.807, 2.05) is 0 Å². The normalized spacial score (nSPS) is 10.9. The minimum atomic E-state index is -0.770. The summed E-state index contributed by atoms with van der Waals surface area (Å²) in [4.78, 5) is 26.2. The van der Waals surface area contributed by atoms with Crippen LogP contribution in [0.1, 0.15) is 21.6 Å². The Balaban J connectivity index is 2.19. The Morgan fingerprint density at radius 2 is 2.04 bits per heavy atom. The van der Waals surface area contributed by atoms with Crippen molar-refractivity contribution >= 4 is 58.3 Å². The van der Waals surface area contributed by atoms with E-state index in [1.54, 1.807) is 19.1 Å². The summed E-state index contributed by atoms with van der Waals surface area (Å²) in [5, 5.41) is 14.2. The third kappa shape index (κ3) is 4.16. The number of aromatic nitrogens is 1.